The minimum Gasteiger partial charge on any atom is -0.496 e. The topological polar surface area (TPSA) is 54.5 Å². The van der Waals surface area contributed by atoms with E-state index in [1.165, 1.54) is 0 Å². The van der Waals surface area contributed by atoms with Gasteiger partial charge in [0.25, 0.3) is 5.91 Å². The molecule has 5 heteroatoms. The van der Waals surface area contributed by atoms with E-state index in [-0.39, 0.29) is 5.91 Å². The van der Waals surface area contributed by atoms with Gasteiger partial charge in [0.1, 0.15) is 11.4 Å². The normalized spacial score (nSPS) is 10.5. The number of nitrogens with one attached hydrogen (secondary N) is 1. The van der Waals surface area contributed by atoms with Crippen LogP contribution in [0.15, 0.2) is 54.6 Å². The number of ether oxygens (including phenoxy) is 1. The van der Waals surface area contributed by atoms with Gasteiger partial charge in [0.2, 0.25) is 0 Å². The lowest BCUT2D eigenvalue weighted by atomic mass is 10.1. The number of carbonyl (C=O) groups excluding carboxylic acids is 1. The maximum Gasteiger partial charge on any atom is 0.270 e. The zero-order chi connectivity index (χ0) is 17.8. The van der Waals surface area contributed by atoms with E-state index in [1.54, 1.807) is 13.2 Å². The Hall–Kier alpha value is -3.08. The highest BCUT2D eigenvalue weighted by atomic mass is 16.5. The minimum absolute atomic E-state index is 0.222. The highest BCUT2D eigenvalue weighted by Crippen LogP contribution is 2.25. The largest absolute Gasteiger partial charge is 0.496 e. The van der Waals surface area contributed by atoms with Crippen molar-refractivity contribution in [1.29, 1.82) is 0 Å². The van der Waals surface area contributed by atoms with Gasteiger partial charge in [-0.25, -0.2) is 4.98 Å². The number of hydrogen-bond donors (Lipinski definition) is 1. The first-order valence-corrected chi connectivity index (χ1v) is 8.06. The van der Waals surface area contributed by atoms with Crippen molar-refractivity contribution in [2.75, 3.05) is 26.1 Å². The number of para-hydroxylation sites is 1. The van der Waals surface area contributed by atoms with Crippen molar-refractivity contribution < 1.29 is 9.53 Å². The van der Waals surface area contributed by atoms with Crippen LogP contribution < -0.4 is 15.0 Å². The van der Waals surface area contributed by atoms with E-state index in [1.807, 2.05) is 67.5 Å². The molecule has 1 amide bonds. The molecule has 128 valence electrons. The molecule has 0 spiro atoms. The summed E-state index contributed by atoms with van der Waals surface area (Å²) in [6.45, 7) is 0.448. The van der Waals surface area contributed by atoms with Crippen molar-refractivity contribution in [2.45, 2.75) is 6.54 Å². The number of pyridine rings is 1. The van der Waals surface area contributed by atoms with Gasteiger partial charge in [0.15, 0.2) is 0 Å². The summed E-state index contributed by atoms with van der Waals surface area (Å²) in [6.07, 6.45) is 0. The molecule has 1 N–H and O–H groups in total. The number of amides is 1. The molecule has 0 aliphatic heterocycles. The van der Waals surface area contributed by atoms with E-state index in [0.717, 1.165) is 22.2 Å². The molecular weight excluding hydrogens is 314 g/mol. The number of hydrogen-bond acceptors (Lipinski definition) is 4. The van der Waals surface area contributed by atoms with Gasteiger partial charge in [-0.05, 0) is 29.8 Å². The summed E-state index contributed by atoms with van der Waals surface area (Å²) < 4.78 is 5.39. The maximum absolute atomic E-state index is 12.5. The Labute approximate surface area is 147 Å². The standard InChI is InChI=1S/C20H21N3O2/c1-23(2)15-10-8-14(9-11-15)13-21-20(24)18-12-19(25-3)16-6-4-5-7-17(16)22-18/h4-12H,13H2,1-3H3,(H,21,24). The van der Waals surface area contributed by atoms with Gasteiger partial charge in [0, 0.05) is 37.8 Å². The maximum atomic E-state index is 12.5. The molecule has 2 aromatic carbocycles. The third-order valence-corrected chi connectivity index (χ3v) is 4.04. The molecule has 3 rings (SSSR count). The molecule has 25 heavy (non-hydrogen) atoms. The SMILES string of the molecule is COc1cc(C(=O)NCc2ccc(N(C)C)cc2)nc2ccccc12. The molecule has 0 saturated heterocycles. The van der Waals surface area contributed by atoms with Crippen molar-refractivity contribution in [2.24, 2.45) is 0 Å². The highest BCUT2D eigenvalue weighted by molar-refractivity contribution is 5.97. The van der Waals surface area contributed by atoms with Gasteiger partial charge < -0.3 is 15.0 Å². The summed E-state index contributed by atoms with van der Waals surface area (Å²) in [5.41, 5.74) is 3.24. The molecule has 0 radical (unpaired) electrons. The zero-order valence-electron chi connectivity index (χ0n) is 14.6. The summed E-state index contributed by atoms with van der Waals surface area (Å²) in [6, 6.07) is 17.3. The molecule has 0 atom stereocenters. The summed E-state index contributed by atoms with van der Waals surface area (Å²) in [5, 5.41) is 3.80. The molecule has 0 bridgehead atoms. The van der Waals surface area contributed by atoms with E-state index >= 15 is 0 Å². The molecule has 0 saturated carbocycles. The van der Waals surface area contributed by atoms with Gasteiger partial charge in [-0.15, -0.1) is 0 Å². The number of benzene rings is 2. The quantitative estimate of drug-likeness (QED) is 0.778. The number of fused-ring (bicyclic) bond motifs is 1. The van der Waals surface area contributed by atoms with E-state index in [0.29, 0.717) is 18.0 Å². The first-order valence-electron chi connectivity index (χ1n) is 8.06. The third kappa shape index (κ3) is 3.71. The van der Waals surface area contributed by atoms with Crippen LogP contribution in [0.25, 0.3) is 10.9 Å². The predicted molar refractivity (Wildman–Crippen MR) is 100 cm³/mol. The van der Waals surface area contributed by atoms with Crippen LogP contribution in [0.1, 0.15) is 16.1 Å². The fraction of sp³-hybridized carbons (Fsp3) is 0.200. The van der Waals surface area contributed by atoms with Crippen LogP contribution in [-0.4, -0.2) is 32.1 Å². The fourth-order valence-corrected chi connectivity index (χ4v) is 2.61. The number of carbonyl (C=O) groups is 1. The second kappa shape index (κ2) is 7.21. The molecule has 5 nitrogen and oxygen atoms in total. The second-order valence-electron chi connectivity index (χ2n) is 5.97. The summed E-state index contributed by atoms with van der Waals surface area (Å²) in [7, 11) is 5.58. The van der Waals surface area contributed by atoms with Crippen molar-refractivity contribution in [3.05, 3.63) is 65.9 Å². The first kappa shape index (κ1) is 16.8. The highest BCUT2D eigenvalue weighted by Gasteiger charge is 2.12. The zero-order valence-corrected chi connectivity index (χ0v) is 14.6. The minimum atomic E-state index is -0.222. The van der Waals surface area contributed by atoms with Gasteiger partial charge in [-0.3, -0.25) is 4.79 Å². The number of aromatic nitrogens is 1. The molecule has 1 heterocycles. The Kier molecular flexibility index (Phi) is 4.84. The van der Waals surface area contributed by atoms with Crippen LogP contribution in [-0.2, 0) is 6.54 Å². The van der Waals surface area contributed by atoms with E-state index in [2.05, 4.69) is 10.3 Å². The molecule has 1 aromatic heterocycles. The lowest BCUT2D eigenvalue weighted by Gasteiger charge is -2.13. The smallest absolute Gasteiger partial charge is 0.270 e. The Bertz CT molecular complexity index is 889. The summed E-state index contributed by atoms with van der Waals surface area (Å²) >= 11 is 0. The molecule has 0 fully saturated rings. The summed E-state index contributed by atoms with van der Waals surface area (Å²) in [4.78, 5) is 18.9. The van der Waals surface area contributed by atoms with E-state index in [9.17, 15) is 4.79 Å². The number of rotatable bonds is 5. The Morgan fingerprint density at radius 3 is 2.52 bits per heavy atom. The summed E-state index contributed by atoms with van der Waals surface area (Å²) in [5.74, 6) is 0.423. The van der Waals surface area contributed by atoms with Crippen molar-refractivity contribution in [3.63, 3.8) is 0 Å². The Balaban J connectivity index is 1.76. The van der Waals surface area contributed by atoms with E-state index < -0.39 is 0 Å². The predicted octanol–water partition coefficient (Wildman–Crippen LogP) is 3.24. The van der Waals surface area contributed by atoms with Crippen molar-refractivity contribution in [1.82, 2.24) is 10.3 Å². The van der Waals surface area contributed by atoms with Crippen LogP contribution in [0.3, 0.4) is 0 Å². The number of nitrogens with zero attached hydrogens (tertiary/aromatic N) is 2. The number of methoxy groups -OCH3 is 1. The van der Waals surface area contributed by atoms with Gasteiger partial charge >= 0.3 is 0 Å². The van der Waals surface area contributed by atoms with Crippen LogP contribution in [0.5, 0.6) is 5.75 Å². The lowest BCUT2D eigenvalue weighted by molar-refractivity contribution is 0.0946. The average Bonchev–Trinajstić information content (AvgIpc) is 2.65. The van der Waals surface area contributed by atoms with Crippen LogP contribution >= 0.6 is 0 Å². The van der Waals surface area contributed by atoms with Crippen LogP contribution in [0.2, 0.25) is 0 Å². The molecule has 0 unspecified atom stereocenters. The van der Waals surface area contributed by atoms with Gasteiger partial charge in [0.05, 0.1) is 12.6 Å². The Morgan fingerprint density at radius 1 is 1.12 bits per heavy atom. The third-order valence-electron chi connectivity index (χ3n) is 4.04. The molecule has 0 aliphatic rings. The van der Waals surface area contributed by atoms with Gasteiger partial charge in [-0.2, -0.15) is 0 Å². The fourth-order valence-electron chi connectivity index (χ4n) is 2.61. The van der Waals surface area contributed by atoms with Crippen LogP contribution in [0.4, 0.5) is 5.69 Å². The lowest BCUT2D eigenvalue weighted by Crippen LogP contribution is -2.24. The van der Waals surface area contributed by atoms with Crippen molar-refractivity contribution >= 4 is 22.5 Å². The van der Waals surface area contributed by atoms with Crippen molar-refractivity contribution in [3.8, 4) is 5.75 Å². The monoisotopic (exact) mass is 335 g/mol. The molecular formula is C20H21N3O2. The van der Waals surface area contributed by atoms with Gasteiger partial charge in [-0.1, -0.05) is 24.3 Å². The first-order chi connectivity index (χ1) is 12.1. The Morgan fingerprint density at radius 2 is 1.84 bits per heavy atom. The number of anilines is 1. The molecule has 0 aliphatic carbocycles. The van der Waals surface area contributed by atoms with E-state index in [4.69, 9.17) is 4.74 Å². The second-order valence-corrected chi connectivity index (χ2v) is 5.97. The molecule has 3 aromatic rings. The van der Waals surface area contributed by atoms with Crippen LogP contribution in [0, 0.1) is 0 Å². The average molecular weight is 335 g/mol.